The topological polar surface area (TPSA) is 72.8 Å². The number of amides is 1. The predicted octanol–water partition coefficient (Wildman–Crippen LogP) is 1.17. The maximum atomic E-state index is 12.5. The van der Waals surface area contributed by atoms with Gasteiger partial charge in [-0.25, -0.2) is 4.79 Å². The molecular formula is C11H17F3N2O3. The summed E-state index contributed by atoms with van der Waals surface area (Å²) >= 11 is 0. The van der Waals surface area contributed by atoms with Crippen molar-refractivity contribution in [1.29, 1.82) is 0 Å². The van der Waals surface area contributed by atoms with Gasteiger partial charge in [-0.3, -0.25) is 4.90 Å². The third-order valence-electron chi connectivity index (χ3n) is 4.00. The van der Waals surface area contributed by atoms with Crippen LogP contribution < -0.4 is 5.32 Å². The van der Waals surface area contributed by atoms with Crippen LogP contribution in [-0.4, -0.2) is 58.2 Å². The van der Waals surface area contributed by atoms with Gasteiger partial charge in [-0.2, -0.15) is 13.2 Å². The molecule has 1 saturated heterocycles. The third-order valence-corrected chi connectivity index (χ3v) is 4.00. The molecule has 1 amide bonds. The van der Waals surface area contributed by atoms with Crippen LogP contribution >= 0.6 is 0 Å². The summed E-state index contributed by atoms with van der Waals surface area (Å²) < 4.78 is 37.4. The van der Waals surface area contributed by atoms with Gasteiger partial charge in [0.25, 0.3) is 0 Å². The van der Waals surface area contributed by atoms with Gasteiger partial charge in [0.2, 0.25) is 0 Å². The van der Waals surface area contributed by atoms with Crippen molar-refractivity contribution in [2.75, 3.05) is 13.1 Å². The summed E-state index contributed by atoms with van der Waals surface area (Å²) in [6, 6.07) is -0.106. The highest BCUT2D eigenvalue weighted by Crippen LogP contribution is 2.40. The fourth-order valence-corrected chi connectivity index (χ4v) is 2.82. The highest BCUT2D eigenvalue weighted by molar-refractivity contribution is 5.64. The molecule has 19 heavy (non-hydrogen) atoms. The van der Waals surface area contributed by atoms with Crippen LogP contribution in [0.25, 0.3) is 0 Å². The molecule has 5 nitrogen and oxygen atoms in total. The standard InChI is InChI=1S/C11H17F3N2O3/c12-11(13,14)10(19)5-16(6-10)8-3-1-7(2-4-8)15-9(17)18/h7-8,15,19H,1-6H2,(H,17,18)/t7-,8-. The van der Waals surface area contributed by atoms with Gasteiger partial charge in [0, 0.05) is 25.2 Å². The number of halogens is 3. The lowest BCUT2D eigenvalue weighted by molar-refractivity contribution is -0.306. The van der Waals surface area contributed by atoms with Gasteiger partial charge < -0.3 is 15.5 Å². The first-order valence-electron chi connectivity index (χ1n) is 6.24. The van der Waals surface area contributed by atoms with Crippen LogP contribution in [0.4, 0.5) is 18.0 Å². The van der Waals surface area contributed by atoms with Gasteiger partial charge in [-0.15, -0.1) is 0 Å². The fraction of sp³-hybridized carbons (Fsp3) is 0.909. The molecule has 8 heteroatoms. The van der Waals surface area contributed by atoms with E-state index in [4.69, 9.17) is 5.11 Å². The van der Waals surface area contributed by atoms with Crippen LogP contribution in [0.15, 0.2) is 0 Å². The summed E-state index contributed by atoms with van der Waals surface area (Å²) in [6.45, 7) is -0.754. The number of aliphatic hydroxyl groups is 1. The number of alkyl halides is 3. The summed E-state index contributed by atoms with van der Waals surface area (Å²) in [5.74, 6) is 0. The average Bonchev–Trinajstić information content (AvgIpc) is 2.23. The van der Waals surface area contributed by atoms with Crippen molar-refractivity contribution in [3.63, 3.8) is 0 Å². The SMILES string of the molecule is O=C(O)N[C@H]1CC[C@H](N2CC(O)(C(F)(F)F)C2)CC1. The largest absolute Gasteiger partial charge is 0.465 e. The second-order valence-electron chi connectivity index (χ2n) is 5.39. The first-order valence-corrected chi connectivity index (χ1v) is 6.24. The van der Waals surface area contributed by atoms with E-state index in [0.29, 0.717) is 25.7 Å². The summed E-state index contributed by atoms with van der Waals surface area (Å²) in [5, 5.41) is 20.3. The molecule has 1 aliphatic carbocycles. The maximum Gasteiger partial charge on any atom is 0.419 e. The van der Waals surface area contributed by atoms with E-state index in [2.05, 4.69) is 5.32 Å². The van der Waals surface area contributed by atoms with Crippen molar-refractivity contribution in [2.45, 2.75) is 49.5 Å². The van der Waals surface area contributed by atoms with Crippen molar-refractivity contribution in [3.05, 3.63) is 0 Å². The Morgan fingerprint density at radius 3 is 2.16 bits per heavy atom. The van der Waals surface area contributed by atoms with Crippen molar-refractivity contribution in [3.8, 4) is 0 Å². The van der Waals surface area contributed by atoms with Crippen LogP contribution in [0.2, 0.25) is 0 Å². The Morgan fingerprint density at radius 2 is 1.74 bits per heavy atom. The molecule has 0 atom stereocenters. The number of rotatable bonds is 2. The zero-order chi connectivity index (χ0) is 14.3. The molecule has 0 aromatic rings. The van der Waals surface area contributed by atoms with E-state index in [-0.39, 0.29) is 25.2 Å². The lowest BCUT2D eigenvalue weighted by Crippen LogP contribution is -2.71. The van der Waals surface area contributed by atoms with E-state index in [0.717, 1.165) is 0 Å². The first kappa shape index (κ1) is 14.4. The van der Waals surface area contributed by atoms with Crippen molar-refractivity contribution < 1.29 is 28.2 Å². The highest BCUT2D eigenvalue weighted by atomic mass is 19.4. The molecule has 0 unspecified atom stereocenters. The zero-order valence-electron chi connectivity index (χ0n) is 10.3. The molecule has 1 heterocycles. The minimum Gasteiger partial charge on any atom is -0.465 e. The number of nitrogens with zero attached hydrogens (tertiary/aromatic N) is 1. The molecule has 0 aromatic heterocycles. The number of β-amino-alcohol motifs (C(OH)–C–C–N with tert-alkyl or cyclic N) is 1. The molecular weight excluding hydrogens is 265 g/mol. The zero-order valence-corrected chi connectivity index (χ0v) is 10.3. The summed E-state index contributed by atoms with van der Waals surface area (Å²) in [6.07, 6.45) is -3.10. The van der Waals surface area contributed by atoms with Crippen LogP contribution in [0.3, 0.4) is 0 Å². The molecule has 2 aliphatic rings. The maximum absolute atomic E-state index is 12.5. The van der Waals surface area contributed by atoms with Crippen LogP contribution in [-0.2, 0) is 0 Å². The summed E-state index contributed by atoms with van der Waals surface area (Å²) in [4.78, 5) is 12.1. The minimum atomic E-state index is -4.58. The lowest BCUT2D eigenvalue weighted by Gasteiger charge is -2.51. The summed E-state index contributed by atoms with van der Waals surface area (Å²) in [5.41, 5.74) is -2.57. The van der Waals surface area contributed by atoms with E-state index in [9.17, 15) is 23.1 Å². The molecule has 2 fully saturated rings. The van der Waals surface area contributed by atoms with E-state index in [1.165, 1.54) is 0 Å². The highest BCUT2D eigenvalue weighted by Gasteiger charge is 2.61. The quantitative estimate of drug-likeness (QED) is 0.711. The number of nitrogens with one attached hydrogen (secondary N) is 1. The molecule has 110 valence electrons. The van der Waals surface area contributed by atoms with Crippen molar-refractivity contribution >= 4 is 6.09 Å². The smallest absolute Gasteiger partial charge is 0.419 e. The molecule has 1 aliphatic heterocycles. The normalized spacial score (nSPS) is 31.6. The lowest BCUT2D eigenvalue weighted by atomic mass is 9.84. The molecule has 0 radical (unpaired) electrons. The van der Waals surface area contributed by atoms with Crippen LogP contribution in [0.5, 0.6) is 0 Å². The van der Waals surface area contributed by atoms with E-state index in [1.54, 1.807) is 4.90 Å². The van der Waals surface area contributed by atoms with Gasteiger partial charge in [-0.05, 0) is 25.7 Å². The molecule has 0 aromatic carbocycles. The monoisotopic (exact) mass is 282 g/mol. The van der Waals surface area contributed by atoms with Gasteiger partial charge in [0.15, 0.2) is 5.60 Å². The fourth-order valence-electron chi connectivity index (χ4n) is 2.82. The van der Waals surface area contributed by atoms with Crippen molar-refractivity contribution in [2.24, 2.45) is 0 Å². The first-order chi connectivity index (χ1) is 8.71. The van der Waals surface area contributed by atoms with Gasteiger partial charge in [-0.1, -0.05) is 0 Å². The van der Waals surface area contributed by atoms with Crippen LogP contribution in [0.1, 0.15) is 25.7 Å². The Hall–Kier alpha value is -1.02. The Morgan fingerprint density at radius 1 is 1.21 bits per heavy atom. The molecule has 1 saturated carbocycles. The summed E-state index contributed by atoms with van der Waals surface area (Å²) in [7, 11) is 0. The Kier molecular flexibility index (Phi) is 3.65. The number of carbonyl (C=O) groups is 1. The second-order valence-corrected chi connectivity index (χ2v) is 5.39. The predicted molar refractivity (Wildman–Crippen MR) is 59.8 cm³/mol. The van der Waals surface area contributed by atoms with Crippen LogP contribution in [0, 0.1) is 0 Å². The van der Waals surface area contributed by atoms with Gasteiger partial charge >= 0.3 is 12.3 Å². The molecule has 0 spiro atoms. The van der Waals surface area contributed by atoms with Gasteiger partial charge in [0.1, 0.15) is 0 Å². The van der Waals surface area contributed by atoms with E-state index < -0.39 is 17.9 Å². The van der Waals surface area contributed by atoms with E-state index >= 15 is 0 Å². The number of carboxylic acid groups (broad SMARTS) is 1. The van der Waals surface area contributed by atoms with Gasteiger partial charge in [0.05, 0.1) is 0 Å². The number of hydrogen-bond donors (Lipinski definition) is 3. The molecule has 0 bridgehead atoms. The molecule has 3 N–H and O–H groups in total. The second kappa shape index (κ2) is 4.82. The van der Waals surface area contributed by atoms with E-state index in [1.807, 2.05) is 0 Å². The minimum absolute atomic E-state index is 0.00877. The third kappa shape index (κ3) is 2.94. The Bertz CT molecular complexity index is 348. The number of likely N-dealkylation sites (tertiary alicyclic amines) is 1. The van der Waals surface area contributed by atoms with Crippen molar-refractivity contribution in [1.82, 2.24) is 10.2 Å². The number of hydrogen-bond acceptors (Lipinski definition) is 3. The Balaban J connectivity index is 1.77. The Labute approximate surface area is 108 Å². The molecule has 2 rings (SSSR count). The average molecular weight is 282 g/mol.